The fraction of sp³-hybridized carbons (Fsp3) is 0.250. The number of benzene rings is 2. The second-order valence-corrected chi connectivity index (χ2v) is 9.06. The zero-order valence-corrected chi connectivity index (χ0v) is 19.3. The molecule has 0 bridgehead atoms. The number of rotatable bonds is 6. The van der Waals surface area contributed by atoms with Crippen LogP contribution < -0.4 is 5.32 Å². The van der Waals surface area contributed by atoms with Gasteiger partial charge >= 0.3 is 0 Å². The molecule has 1 heterocycles. The van der Waals surface area contributed by atoms with Gasteiger partial charge in [-0.1, -0.05) is 53.2 Å². The van der Waals surface area contributed by atoms with E-state index < -0.39 is 18.4 Å². The third kappa shape index (κ3) is 5.63. The SMILES string of the molecule is Cc1ccc(C(F)(F)CNC(=O)c2cc(Cl)ncc2Sc2ccc(C)c(C)c2)c(C)c1. The Morgan fingerprint density at radius 3 is 2.45 bits per heavy atom. The quantitative estimate of drug-likeness (QED) is 0.419. The minimum absolute atomic E-state index is 0.101. The third-order valence-electron chi connectivity index (χ3n) is 5.03. The molecule has 0 unspecified atom stereocenters. The van der Waals surface area contributed by atoms with Gasteiger partial charge < -0.3 is 5.32 Å². The van der Waals surface area contributed by atoms with Gasteiger partial charge in [0.25, 0.3) is 11.8 Å². The van der Waals surface area contributed by atoms with Crippen LogP contribution in [0.15, 0.2) is 58.5 Å². The van der Waals surface area contributed by atoms with E-state index >= 15 is 0 Å². The van der Waals surface area contributed by atoms with Crippen molar-refractivity contribution in [3.8, 4) is 0 Å². The van der Waals surface area contributed by atoms with E-state index in [1.165, 1.54) is 30.1 Å². The van der Waals surface area contributed by atoms with Crippen LogP contribution in [0.2, 0.25) is 5.15 Å². The molecule has 3 aromatic rings. The Morgan fingerprint density at radius 1 is 1.03 bits per heavy atom. The number of hydrogen-bond donors (Lipinski definition) is 1. The van der Waals surface area contributed by atoms with Gasteiger partial charge in [0.15, 0.2) is 0 Å². The summed E-state index contributed by atoms with van der Waals surface area (Å²) >= 11 is 7.32. The maximum Gasteiger partial charge on any atom is 0.290 e. The van der Waals surface area contributed by atoms with Crippen LogP contribution in [-0.2, 0) is 5.92 Å². The second kappa shape index (κ2) is 9.37. The lowest BCUT2D eigenvalue weighted by Gasteiger charge is -2.20. The van der Waals surface area contributed by atoms with E-state index in [2.05, 4.69) is 10.3 Å². The fourth-order valence-corrected chi connectivity index (χ4v) is 4.34. The van der Waals surface area contributed by atoms with Gasteiger partial charge in [-0.2, -0.15) is 8.78 Å². The van der Waals surface area contributed by atoms with Crippen LogP contribution in [0, 0.1) is 27.7 Å². The first-order valence-electron chi connectivity index (χ1n) is 9.71. The summed E-state index contributed by atoms with van der Waals surface area (Å²) < 4.78 is 29.6. The number of carbonyl (C=O) groups excluding carboxylic acids is 1. The highest BCUT2D eigenvalue weighted by molar-refractivity contribution is 7.99. The van der Waals surface area contributed by atoms with Crippen LogP contribution in [0.3, 0.4) is 0 Å². The Kier molecular flexibility index (Phi) is 7.02. The number of alkyl halides is 2. The van der Waals surface area contributed by atoms with Gasteiger partial charge in [-0.15, -0.1) is 0 Å². The molecular formula is C24H23ClF2N2OS. The molecule has 3 rings (SSSR count). The third-order valence-corrected chi connectivity index (χ3v) is 6.27. The van der Waals surface area contributed by atoms with Crippen LogP contribution in [-0.4, -0.2) is 17.4 Å². The molecule has 0 saturated heterocycles. The Balaban J connectivity index is 1.81. The van der Waals surface area contributed by atoms with Gasteiger partial charge in [0, 0.05) is 21.6 Å². The lowest BCUT2D eigenvalue weighted by molar-refractivity contribution is -0.00310. The van der Waals surface area contributed by atoms with Gasteiger partial charge in [-0.3, -0.25) is 4.79 Å². The van der Waals surface area contributed by atoms with Gasteiger partial charge in [0.2, 0.25) is 0 Å². The van der Waals surface area contributed by atoms with E-state index in [1.54, 1.807) is 19.1 Å². The van der Waals surface area contributed by atoms with Crippen LogP contribution >= 0.6 is 23.4 Å². The molecule has 7 heteroatoms. The summed E-state index contributed by atoms with van der Waals surface area (Å²) in [7, 11) is 0. The number of carbonyl (C=O) groups is 1. The van der Waals surface area contributed by atoms with Crippen molar-refractivity contribution in [2.75, 3.05) is 6.54 Å². The molecule has 1 aromatic heterocycles. The van der Waals surface area contributed by atoms with E-state index in [4.69, 9.17) is 11.6 Å². The highest BCUT2D eigenvalue weighted by atomic mass is 35.5. The molecule has 0 aliphatic rings. The van der Waals surface area contributed by atoms with Crippen LogP contribution in [0.5, 0.6) is 0 Å². The fourth-order valence-electron chi connectivity index (χ4n) is 3.19. The number of nitrogens with one attached hydrogen (secondary N) is 1. The monoisotopic (exact) mass is 460 g/mol. The lowest BCUT2D eigenvalue weighted by Crippen LogP contribution is -2.35. The normalized spacial score (nSPS) is 11.5. The Hall–Kier alpha value is -2.44. The minimum Gasteiger partial charge on any atom is -0.346 e. The first kappa shape index (κ1) is 23.2. The summed E-state index contributed by atoms with van der Waals surface area (Å²) in [5.41, 5.74) is 3.77. The Morgan fingerprint density at radius 2 is 1.77 bits per heavy atom. The lowest BCUT2D eigenvalue weighted by atomic mass is 10.00. The maximum atomic E-state index is 14.8. The van der Waals surface area contributed by atoms with E-state index in [0.717, 1.165) is 21.6 Å². The van der Waals surface area contributed by atoms with Gasteiger partial charge in [0.05, 0.1) is 12.1 Å². The highest BCUT2D eigenvalue weighted by Crippen LogP contribution is 2.33. The summed E-state index contributed by atoms with van der Waals surface area (Å²) in [6.07, 6.45) is 1.49. The van der Waals surface area contributed by atoms with E-state index in [9.17, 15) is 13.6 Å². The van der Waals surface area contributed by atoms with Gasteiger partial charge in [-0.05, 0) is 62.6 Å². The predicted molar refractivity (Wildman–Crippen MR) is 121 cm³/mol. The highest BCUT2D eigenvalue weighted by Gasteiger charge is 2.34. The summed E-state index contributed by atoms with van der Waals surface area (Å²) in [6, 6.07) is 12.1. The van der Waals surface area contributed by atoms with Gasteiger partial charge in [0.1, 0.15) is 5.15 Å². The predicted octanol–water partition coefficient (Wildman–Crippen LogP) is 6.64. The number of hydrogen-bond acceptors (Lipinski definition) is 3. The van der Waals surface area contributed by atoms with Crippen molar-refractivity contribution in [1.82, 2.24) is 10.3 Å². The van der Waals surface area contributed by atoms with Crippen molar-refractivity contribution >= 4 is 29.3 Å². The second-order valence-electron chi connectivity index (χ2n) is 7.56. The molecule has 0 atom stereocenters. The molecule has 162 valence electrons. The Bertz CT molecular complexity index is 1130. The topological polar surface area (TPSA) is 42.0 Å². The molecule has 0 saturated carbocycles. The van der Waals surface area contributed by atoms with Crippen LogP contribution in [0.25, 0.3) is 0 Å². The largest absolute Gasteiger partial charge is 0.346 e. The molecule has 0 aliphatic carbocycles. The van der Waals surface area contributed by atoms with Crippen molar-refractivity contribution in [2.45, 2.75) is 43.4 Å². The molecule has 0 aliphatic heterocycles. The molecule has 3 nitrogen and oxygen atoms in total. The van der Waals surface area contributed by atoms with Crippen LogP contribution in [0.1, 0.15) is 38.2 Å². The average molecular weight is 461 g/mol. The average Bonchev–Trinajstić information content (AvgIpc) is 2.70. The molecule has 2 aromatic carbocycles. The first-order valence-corrected chi connectivity index (χ1v) is 10.9. The minimum atomic E-state index is -3.20. The zero-order chi connectivity index (χ0) is 22.8. The first-order chi connectivity index (χ1) is 14.6. The number of halogens is 3. The van der Waals surface area contributed by atoms with Crippen molar-refractivity contribution in [3.63, 3.8) is 0 Å². The number of aromatic nitrogens is 1. The number of pyridine rings is 1. The molecule has 1 amide bonds. The van der Waals surface area contributed by atoms with E-state index in [-0.39, 0.29) is 16.3 Å². The van der Waals surface area contributed by atoms with Crippen molar-refractivity contribution in [2.24, 2.45) is 0 Å². The van der Waals surface area contributed by atoms with E-state index in [1.807, 2.05) is 39.0 Å². The molecule has 0 fully saturated rings. The summed E-state index contributed by atoms with van der Waals surface area (Å²) in [5.74, 6) is -3.83. The standard InChI is InChI=1S/C24H23ClF2N2OS/c1-14-5-8-20(17(4)9-14)24(26,27)13-29-23(30)19-11-22(25)28-12-21(19)31-18-7-6-15(2)16(3)10-18/h5-12H,13H2,1-4H3,(H,29,30). The van der Waals surface area contributed by atoms with Gasteiger partial charge in [-0.25, -0.2) is 4.98 Å². The number of amides is 1. The number of aryl methyl sites for hydroxylation is 4. The maximum absolute atomic E-state index is 14.8. The zero-order valence-electron chi connectivity index (χ0n) is 17.7. The molecular weight excluding hydrogens is 438 g/mol. The molecule has 1 N–H and O–H groups in total. The van der Waals surface area contributed by atoms with E-state index in [0.29, 0.717) is 10.5 Å². The summed E-state index contributed by atoms with van der Waals surface area (Å²) in [5, 5.41) is 2.49. The smallest absolute Gasteiger partial charge is 0.290 e. The molecule has 0 spiro atoms. The Labute approximate surface area is 190 Å². The van der Waals surface area contributed by atoms with Crippen molar-refractivity contribution in [1.29, 1.82) is 0 Å². The van der Waals surface area contributed by atoms with Crippen LogP contribution in [0.4, 0.5) is 8.78 Å². The van der Waals surface area contributed by atoms with Crippen molar-refractivity contribution in [3.05, 3.63) is 87.2 Å². The number of nitrogens with zero attached hydrogens (tertiary/aromatic N) is 1. The molecule has 31 heavy (non-hydrogen) atoms. The summed E-state index contributed by atoms with van der Waals surface area (Å²) in [6.45, 7) is 6.69. The molecule has 0 radical (unpaired) electrons. The van der Waals surface area contributed by atoms with Crippen molar-refractivity contribution < 1.29 is 13.6 Å². The summed E-state index contributed by atoms with van der Waals surface area (Å²) in [4.78, 5) is 18.3.